The van der Waals surface area contributed by atoms with Gasteiger partial charge in [-0.25, -0.2) is 9.10 Å². The third kappa shape index (κ3) is 8.35. The Morgan fingerprint density at radius 1 is 1.10 bits per heavy atom. The van der Waals surface area contributed by atoms with Gasteiger partial charge in [0.1, 0.15) is 5.75 Å². The van der Waals surface area contributed by atoms with Crippen molar-refractivity contribution < 1.29 is 19.7 Å². The minimum Gasteiger partial charge on any atom is -0.497 e. The van der Waals surface area contributed by atoms with Gasteiger partial charge in [-0.15, -0.1) is 0 Å². The van der Waals surface area contributed by atoms with Crippen molar-refractivity contribution in [2.24, 2.45) is 5.92 Å². The highest BCUT2D eigenvalue weighted by Gasteiger charge is 2.25. The summed E-state index contributed by atoms with van der Waals surface area (Å²) in [6, 6.07) is 16.7. The first-order valence-electron chi connectivity index (χ1n) is 9.65. The number of nitrogens with one attached hydrogen (secondary N) is 1. The molecule has 0 unspecified atom stereocenters. The Morgan fingerprint density at radius 3 is 2.31 bits per heavy atom. The number of rotatable bonds is 11. The molecule has 6 nitrogen and oxygen atoms in total. The molecule has 158 valence electrons. The molecule has 0 radical (unpaired) electrons. The van der Waals surface area contributed by atoms with Gasteiger partial charge in [-0.1, -0.05) is 44.2 Å². The van der Waals surface area contributed by atoms with Crippen molar-refractivity contribution in [1.82, 2.24) is 9.62 Å². The molecule has 2 rings (SSSR count). The van der Waals surface area contributed by atoms with E-state index in [1.54, 1.807) is 19.1 Å². The van der Waals surface area contributed by atoms with E-state index in [1.165, 1.54) is 0 Å². The second-order valence-electron chi connectivity index (χ2n) is 7.32. The fourth-order valence-electron chi connectivity index (χ4n) is 2.99. The van der Waals surface area contributed by atoms with E-state index in [9.17, 15) is 15.0 Å². The molecule has 0 aliphatic carbocycles. The summed E-state index contributed by atoms with van der Waals surface area (Å²) in [5.74, 6) is 1.19. The topological polar surface area (TPSA) is 82.0 Å². The largest absolute Gasteiger partial charge is 0.497 e. The third-order valence-corrected chi connectivity index (χ3v) is 5.36. The summed E-state index contributed by atoms with van der Waals surface area (Å²) in [5.41, 5.74) is 0.975. The van der Waals surface area contributed by atoms with Crippen molar-refractivity contribution in [3.8, 4) is 5.75 Å². The van der Waals surface area contributed by atoms with E-state index in [4.69, 9.17) is 4.74 Å². The van der Waals surface area contributed by atoms with Gasteiger partial charge in [0.25, 0.3) is 0 Å². The molecule has 2 aromatic carbocycles. The number of aliphatic hydroxyl groups is 1. The SMILES string of the molecule is COc1ccc(SN(CC(C)C)C[C@@H](O)[C@H](Cc2ccccc2)NC(=O)O)cc1. The minimum atomic E-state index is -1.14. The quantitative estimate of drug-likeness (QED) is 0.480. The van der Waals surface area contributed by atoms with Gasteiger partial charge in [-0.05, 0) is 54.1 Å². The molecular formula is C22H30N2O4S. The van der Waals surface area contributed by atoms with Gasteiger partial charge in [-0.2, -0.15) is 0 Å². The Balaban J connectivity index is 2.09. The van der Waals surface area contributed by atoms with Gasteiger partial charge in [0, 0.05) is 18.0 Å². The summed E-state index contributed by atoms with van der Waals surface area (Å²) >= 11 is 1.55. The Hall–Kier alpha value is -2.22. The van der Waals surface area contributed by atoms with Crippen molar-refractivity contribution >= 4 is 18.0 Å². The molecule has 0 fully saturated rings. The van der Waals surface area contributed by atoms with E-state index in [-0.39, 0.29) is 0 Å². The molecule has 0 aliphatic heterocycles. The first-order chi connectivity index (χ1) is 13.9. The summed E-state index contributed by atoms with van der Waals surface area (Å²) in [4.78, 5) is 12.3. The van der Waals surface area contributed by atoms with E-state index in [0.717, 1.165) is 22.8 Å². The normalized spacial score (nSPS) is 13.3. The summed E-state index contributed by atoms with van der Waals surface area (Å²) in [6.07, 6.45) is -1.56. The Bertz CT molecular complexity index is 740. The summed E-state index contributed by atoms with van der Waals surface area (Å²) in [6.45, 7) is 5.33. The van der Waals surface area contributed by atoms with Crippen LogP contribution in [0.15, 0.2) is 59.5 Å². The van der Waals surface area contributed by atoms with Crippen molar-refractivity contribution in [2.75, 3.05) is 20.2 Å². The first kappa shape index (κ1) is 23.1. The number of aliphatic hydroxyl groups excluding tert-OH is 1. The molecule has 29 heavy (non-hydrogen) atoms. The van der Waals surface area contributed by atoms with E-state index < -0.39 is 18.2 Å². The zero-order valence-corrected chi connectivity index (χ0v) is 17.9. The molecule has 2 atom stereocenters. The highest BCUT2D eigenvalue weighted by Crippen LogP contribution is 2.26. The molecule has 0 aromatic heterocycles. The number of hydrogen-bond acceptors (Lipinski definition) is 5. The Labute approximate surface area is 177 Å². The Kier molecular flexibility index (Phi) is 9.31. The molecule has 0 heterocycles. The van der Waals surface area contributed by atoms with Crippen LogP contribution < -0.4 is 10.1 Å². The number of amides is 1. The van der Waals surface area contributed by atoms with Crippen LogP contribution >= 0.6 is 11.9 Å². The number of hydrogen-bond donors (Lipinski definition) is 3. The number of benzene rings is 2. The number of carbonyl (C=O) groups is 1. The second-order valence-corrected chi connectivity index (χ2v) is 8.49. The van der Waals surface area contributed by atoms with Crippen LogP contribution in [0.25, 0.3) is 0 Å². The highest BCUT2D eigenvalue weighted by atomic mass is 32.2. The molecule has 1 amide bonds. The zero-order chi connectivity index (χ0) is 21.2. The standard InChI is InChI=1S/C22H30N2O4S/c1-16(2)14-24(29-19-11-9-18(28-3)10-12-19)15-21(25)20(23-22(26)27)13-17-7-5-4-6-8-17/h4-12,16,20-21,23,25H,13-15H2,1-3H3,(H,26,27)/t20-,21+/m0/s1. The molecule has 0 saturated heterocycles. The van der Waals surface area contributed by atoms with Crippen molar-refractivity contribution in [3.05, 3.63) is 60.2 Å². The fourth-order valence-corrected chi connectivity index (χ4v) is 4.14. The fraction of sp³-hybridized carbons (Fsp3) is 0.409. The predicted molar refractivity (Wildman–Crippen MR) is 116 cm³/mol. The molecule has 3 N–H and O–H groups in total. The molecule has 2 aromatic rings. The summed E-state index contributed by atoms with van der Waals surface area (Å²) in [7, 11) is 1.63. The maximum atomic E-state index is 11.3. The van der Waals surface area contributed by atoms with Crippen molar-refractivity contribution in [3.63, 3.8) is 0 Å². The van der Waals surface area contributed by atoms with Gasteiger partial charge in [0.05, 0.1) is 19.3 Å². The second kappa shape index (κ2) is 11.7. The van der Waals surface area contributed by atoms with E-state index in [2.05, 4.69) is 23.5 Å². The predicted octanol–water partition coefficient (Wildman–Crippen LogP) is 3.90. The van der Waals surface area contributed by atoms with Crippen LogP contribution in [0.4, 0.5) is 4.79 Å². The van der Waals surface area contributed by atoms with Crippen LogP contribution in [0, 0.1) is 5.92 Å². The molecular weight excluding hydrogens is 388 g/mol. The van der Waals surface area contributed by atoms with Crippen LogP contribution in [0.3, 0.4) is 0 Å². The van der Waals surface area contributed by atoms with Crippen molar-refractivity contribution in [1.29, 1.82) is 0 Å². The van der Waals surface area contributed by atoms with Crippen LogP contribution in [-0.2, 0) is 6.42 Å². The Morgan fingerprint density at radius 2 is 1.76 bits per heavy atom. The third-order valence-electron chi connectivity index (χ3n) is 4.33. The first-order valence-corrected chi connectivity index (χ1v) is 10.4. The smallest absolute Gasteiger partial charge is 0.404 e. The lowest BCUT2D eigenvalue weighted by atomic mass is 10.0. The number of carboxylic acid groups (broad SMARTS) is 1. The monoisotopic (exact) mass is 418 g/mol. The molecule has 0 bridgehead atoms. The average Bonchev–Trinajstić information content (AvgIpc) is 2.68. The molecule has 0 aliphatic rings. The van der Waals surface area contributed by atoms with Crippen LogP contribution in [0.1, 0.15) is 19.4 Å². The number of ether oxygens (including phenoxy) is 1. The lowest BCUT2D eigenvalue weighted by molar-refractivity contribution is 0.101. The molecule has 7 heteroatoms. The number of methoxy groups -OCH3 is 1. The number of nitrogens with zero attached hydrogens (tertiary/aromatic N) is 1. The van der Waals surface area contributed by atoms with Gasteiger partial charge < -0.3 is 20.3 Å². The van der Waals surface area contributed by atoms with Crippen LogP contribution in [0.5, 0.6) is 5.75 Å². The summed E-state index contributed by atoms with van der Waals surface area (Å²) < 4.78 is 7.28. The van der Waals surface area contributed by atoms with E-state index in [1.807, 2.05) is 54.6 Å². The van der Waals surface area contributed by atoms with Gasteiger partial charge >= 0.3 is 6.09 Å². The lowest BCUT2D eigenvalue weighted by Crippen LogP contribution is -2.48. The van der Waals surface area contributed by atoms with Crippen molar-refractivity contribution in [2.45, 2.75) is 37.3 Å². The van der Waals surface area contributed by atoms with Gasteiger partial charge in [-0.3, -0.25) is 0 Å². The molecule has 0 saturated carbocycles. The highest BCUT2D eigenvalue weighted by molar-refractivity contribution is 7.97. The molecule has 0 spiro atoms. The maximum absolute atomic E-state index is 11.3. The minimum absolute atomic E-state index is 0.340. The zero-order valence-electron chi connectivity index (χ0n) is 17.1. The maximum Gasteiger partial charge on any atom is 0.404 e. The average molecular weight is 419 g/mol. The van der Waals surface area contributed by atoms with E-state index in [0.29, 0.717) is 18.9 Å². The van der Waals surface area contributed by atoms with Crippen LogP contribution in [0.2, 0.25) is 0 Å². The van der Waals surface area contributed by atoms with Gasteiger partial charge in [0.2, 0.25) is 0 Å². The van der Waals surface area contributed by atoms with E-state index >= 15 is 0 Å². The van der Waals surface area contributed by atoms with Crippen LogP contribution in [-0.4, -0.2) is 53.0 Å². The lowest BCUT2D eigenvalue weighted by Gasteiger charge is -2.30. The van der Waals surface area contributed by atoms with Gasteiger partial charge in [0.15, 0.2) is 0 Å². The summed E-state index contributed by atoms with van der Waals surface area (Å²) in [5, 5.41) is 22.6.